The Labute approximate surface area is 74.7 Å². The summed E-state index contributed by atoms with van der Waals surface area (Å²) in [5, 5.41) is 3.24. The molecule has 2 nitrogen and oxygen atoms in total. The molecule has 12 heavy (non-hydrogen) atoms. The van der Waals surface area contributed by atoms with E-state index in [-0.39, 0.29) is 6.04 Å². The van der Waals surface area contributed by atoms with Crippen LogP contribution in [-0.4, -0.2) is 25.3 Å². The van der Waals surface area contributed by atoms with E-state index in [0.29, 0.717) is 6.10 Å². The Morgan fingerprint density at radius 3 is 3.08 bits per heavy atom. The Balaban J connectivity index is 2.22. The van der Waals surface area contributed by atoms with Gasteiger partial charge in [-0.05, 0) is 19.4 Å². The lowest BCUT2D eigenvalue weighted by Crippen LogP contribution is -2.30. The summed E-state index contributed by atoms with van der Waals surface area (Å²) in [5.41, 5.74) is 0. The van der Waals surface area contributed by atoms with Crippen molar-refractivity contribution in [2.24, 2.45) is 0 Å². The molecule has 2 heteroatoms. The molecule has 0 aromatic carbocycles. The van der Waals surface area contributed by atoms with Crippen LogP contribution in [0.4, 0.5) is 0 Å². The molecule has 1 aliphatic heterocycles. The second-order valence-electron chi connectivity index (χ2n) is 3.15. The Kier molecular flexibility index (Phi) is 4.13. The molecule has 0 aromatic rings. The van der Waals surface area contributed by atoms with Gasteiger partial charge in [-0.1, -0.05) is 12.8 Å². The Morgan fingerprint density at radius 1 is 1.75 bits per heavy atom. The summed E-state index contributed by atoms with van der Waals surface area (Å²) >= 11 is 0. The van der Waals surface area contributed by atoms with Crippen molar-refractivity contribution >= 4 is 0 Å². The second-order valence-corrected chi connectivity index (χ2v) is 3.15. The lowest BCUT2D eigenvalue weighted by molar-refractivity contribution is 0.0996. The second kappa shape index (κ2) is 5.18. The topological polar surface area (TPSA) is 21.3 Å². The molecule has 1 fully saturated rings. The van der Waals surface area contributed by atoms with Gasteiger partial charge in [-0.3, -0.25) is 0 Å². The summed E-state index contributed by atoms with van der Waals surface area (Å²) in [4.78, 5) is 0. The predicted octanol–water partition coefficient (Wildman–Crippen LogP) is 1.17. The average Bonchev–Trinajstić information content (AvgIpc) is 2.56. The molecule has 68 valence electrons. The summed E-state index contributed by atoms with van der Waals surface area (Å²) in [6.07, 6.45) is 9.08. The van der Waals surface area contributed by atoms with Gasteiger partial charge in [0.1, 0.15) is 0 Å². The smallest absolute Gasteiger partial charge is 0.0711 e. The first-order valence-corrected chi connectivity index (χ1v) is 4.68. The van der Waals surface area contributed by atoms with E-state index in [0.717, 1.165) is 19.6 Å². The van der Waals surface area contributed by atoms with Crippen molar-refractivity contribution in [3.8, 4) is 12.3 Å². The van der Waals surface area contributed by atoms with E-state index in [4.69, 9.17) is 11.2 Å². The standard InChI is InChI=1S/C10H17NO/c1-3-9(11-4-2)8-10-6-5-7-12-10/h1,9-11H,4-8H2,2H3. The van der Waals surface area contributed by atoms with Gasteiger partial charge in [-0.25, -0.2) is 0 Å². The number of nitrogens with one attached hydrogen (secondary N) is 1. The summed E-state index contributed by atoms with van der Waals surface area (Å²) in [7, 11) is 0. The Morgan fingerprint density at radius 2 is 2.58 bits per heavy atom. The summed E-state index contributed by atoms with van der Waals surface area (Å²) in [6.45, 7) is 3.91. The number of rotatable bonds is 4. The molecule has 0 amide bonds. The van der Waals surface area contributed by atoms with Crippen molar-refractivity contribution in [3.63, 3.8) is 0 Å². The van der Waals surface area contributed by atoms with Crippen LogP contribution in [0.25, 0.3) is 0 Å². The molecule has 1 saturated heterocycles. The monoisotopic (exact) mass is 167 g/mol. The molecular weight excluding hydrogens is 150 g/mol. The summed E-state index contributed by atoms with van der Waals surface area (Å²) in [6, 6.07) is 0.193. The fourth-order valence-electron chi connectivity index (χ4n) is 1.55. The fraction of sp³-hybridized carbons (Fsp3) is 0.800. The van der Waals surface area contributed by atoms with E-state index in [9.17, 15) is 0 Å². The predicted molar refractivity (Wildman–Crippen MR) is 49.9 cm³/mol. The third-order valence-corrected chi connectivity index (χ3v) is 2.17. The first kappa shape index (κ1) is 9.57. The van der Waals surface area contributed by atoms with E-state index in [1.807, 2.05) is 0 Å². The zero-order chi connectivity index (χ0) is 8.81. The van der Waals surface area contributed by atoms with Crippen LogP contribution in [0.15, 0.2) is 0 Å². The van der Waals surface area contributed by atoms with Crippen LogP contribution >= 0.6 is 0 Å². The fourth-order valence-corrected chi connectivity index (χ4v) is 1.55. The average molecular weight is 167 g/mol. The zero-order valence-corrected chi connectivity index (χ0v) is 7.68. The summed E-state index contributed by atoms with van der Waals surface area (Å²) in [5.74, 6) is 2.74. The lowest BCUT2D eigenvalue weighted by atomic mass is 10.1. The van der Waals surface area contributed by atoms with Crippen LogP contribution in [0.3, 0.4) is 0 Å². The largest absolute Gasteiger partial charge is 0.378 e. The maximum absolute atomic E-state index is 5.50. The molecule has 1 N–H and O–H groups in total. The SMILES string of the molecule is C#CC(CC1CCCO1)NCC. The summed E-state index contributed by atoms with van der Waals surface area (Å²) < 4.78 is 5.50. The van der Waals surface area contributed by atoms with Gasteiger partial charge in [0.05, 0.1) is 12.1 Å². The van der Waals surface area contributed by atoms with Crippen molar-refractivity contribution in [3.05, 3.63) is 0 Å². The molecule has 0 radical (unpaired) electrons. The van der Waals surface area contributed by atoms with Crippen molar-refractivity contribution in [1.29, 1.82) is 0 Å². The first-order chi connectivity index (χ1) is 5.86. The van der Waals surface area contributed by atoms with Crippen LogP contribution in [-0.2, 0) is 4.74 Å². The van der Waals surface area contributed by atoms with E-state index >= 15 is 0 Å². The molecule has 2 unspecified atom stereocenters. The molecule has 1 rings (SSSR count). The van der Waals surface area contributed by atoms with Crippen LogP contribution in [0.2, 0.25) is 0 Å². The minimum Gasteiger partial charge on any atom is -0.378 e. The van der Waals surface area contributed by atoms with Crippen molar-refractivity contribution < 1.29 is 4.74 Å². The molecule has 0 saturated carbocycles. The molecule has 0 aliphatic carbocycles. The van der Waals surface area contributed by atoms with Crippen LogP contribution in [0, 0.1) is 12.3 Å². The number of hydrogen-bond acceptors (Lipinski definition) is 2. The van der Waals surface area contributed by atoms with Gasteiger partial charge in [0.25, 0.3) is 0 Å². The Bertz CT molecular complexity index is 156. The maximum Gasteiger partial charge on any atom is 0.0711 e. The van der Waals surface area contributed by atoms with Gasteiger partial charge in [0.2, 0.25) is 0 Å². The quantitative estimate of drug-likeness (QED) is 0.635. The van der Waals surface area contributed by atoms with Gasteiger partial charge < -0.3 is 10.1 Å². The van der Waals surface area contributed by atoms with Crippen molar-refractivity contribution in [1.82, 2.24) is 5.32 Å². The van der Waals surface area contributed by atoms with Crippen LogP contribution < -0.4 is 5.32 Å². The van der Waals surface area contributed by atoms with E-state index in [2.05, 4.69) is 18.2 Å². The molecule has 1 aliphatic rings. The van der Waals surface area contributed by atoms with E-state index in [1.54, 1.807) is 0 Å². The molecule has 0 spiro atoms. The highest BCUT2D eigenvalue weighted by molar-refractivity contribution is 4.99. The highest BCUT2D eigenvalue weighted by Crippen LogP contribution is 2.16. The van der Waals surface area contributed by atoms with Crippen molar-refractivity contribution in [2.45, 2.75) is 38.3 Å². The minimum atomic E-state index is 0.193. The third-order valence-electron chi connectivity index (χ3n) is 2.17. The van der Waals surface area contributed by atoms with Gasteiger partial charge in [-0.2, -0.15) is 0 Å². The minimum absolute atomic E-state index is 0.193. The van der Waals surface area contributed by atoms with Crippen molar-refractivity contribution in [2.75, 3.05) is 13.2 Å². The highest BCUT2D eigenvalue weighted by Gasteiger charge is 2.18. The Hall–Kier alpha value is -0.520. The molecule has 0 bridgehead atoms. The zero-order valence-electron chi connectivity index (χ0n) is 7.68. The number of ether oxygens (including phenoxy) is 1. The lowest BCUT2D eigenvalue weighted by Gasteiger charge is -2.15. The van der Waals surface area contributed by atoms with Gasteiger partial charge >= 0.3 is 0 Å². The highest BCUT2D eigenvalue weighted by atomic mass is 16.5. The molecular formula is C10H17NO. The third kappa shape index (κ3) is 2.84. The first-order valence-electron chi connectivity index (χ1n) is 4.68. The van der Waals surface area contributed by atoms with Gasteiger partial charge in [0, 0.05) is 13.0 Å². The number of terminal acetylenes is 1. The molecule has 2 atom stereocenters. The van der Waals surface area contributed by atoms with E-state index < -0.39 is 0 Å². The maximum atomic E-state index is 5.50. The van der Waals surface area contributed by atoms with E-state index in [1.165, 1.54) is 12.8 Å². The molecule has 1 heterocycles. The molecule has 0 aromatic heterocycles. The van der Waals surface area contributed by atoms with Gasteiger partial charge in [-0.15, -0.1) is 6.42 Å². The van der Waals surface area contributed by atoms with Gasteiger partial charge in [0.15, 0.2) is 0 Å². The normalized spacial score (nSPS) is 25.2. The van der Waals surface area contributed by atoms with Crippen LogP contribution in [0.5, 0.6) is 0 Å². The van der Waals surface area contributed by atoms with Crippen LogP contribution in [0.1, 0.15) is 26.2 Å². The number of hydrogen-bond donors (Lipinski definition) is 1.